The molecule has 0 saturated heterocycles. The smallest absolute Gasteiger partial charge is 0.166 e. The zero-order valence-electron chi connectivity index (χ0n) is 12.2. The van der Waals surface area contributed by atoms with Crippen LogP contribution in [0.5, 0.6) is 0 Å². The van der Waals surface area contributed by atoms with E-state index in [1.165, 1.54) is 0 Å². The minimum Gasteiger partial charge on any atom is -0.470 e. The lowest BCUT2D eigenvalue weighted by atomic mass is 10.2. The molecule has 1 aliphatic rings. The summed E-state index contributed by atoms with van der Waals surface area (Å²) < 4.78 is 5.61. The van der Waals surface area contributed by atoms with E-state index in [9.17, 15) is 5.26 Å². The number of ether oxygens (including phenoxy) is 1. The number of anilines is 2. The number of allylic oxidation sites excluding steroid dienone is 2. The van der Waals surface area contributed by atoms with E-state index in [0.717, 1.165) is 11.4 Å². The number of nitrogens with zero attached hydrogens (tertiary/aromatic N) is 2. The van der Waals surface area contributed by atoms with Gasteiger partial charge in [-0.25, -0.2) is 0 Å². The van der Waals surface area contributed by atoms with E-state index in [4.69, 9.17) is 16.3 Å². The molecule has 2 aromatic rings. The zero-order valence-corrected chi connectivity index (χ0v) is 13.0. The van der Waals surface area contributed by atoms with Crippen LogP contribution < -0.4 is 10.2 Å². The topological polar surface area (TPSA) is 48.3 Å². The first kappa shape index (κ1) is 15.0. The number of rotatable bonds is 4. The van der Waals surface area contributed by atoms with E-state index >= 15 is 0 Å². The molecule has 0 saturated carbocycles. The standard InChI is InChI=1S/C18H14ClN3O/c19-15-8-4-5-9-16(15)22-13-23-18(17(22)12-20)10-11-21-14-6-2-1-3-7-14/h1-11,21H,13H2. The summed E-state index contributed by atoms with van der Waals surface area (Å²) in [6, 6.07) is 19.3. The molecule has 4 nitrogen and oxygen atoms in total. The fourth-order valence-corrected chi connectivity index (χ4v) is 2.49. The maximum absolute atomic E-state index is 9.45. The average Bonchev–Trinajstić information content (AvgIpc) is 2.99. The molecule has 0 fully saturated rings. The maximum Gasteiger partial charge on any atom is 0.166 e. The van der Waals surface area contributed by atoms with E-state index in [1.807, 2.05) is 48.5 Å². The minimum atomic E-state index is 0.262. The van der Waals surface area contributed by atoms with Gasteiger partial charge < -0.3 is 10.1 Å². The van der Waals surface area contributed by atoms with Gasteiger partial charge in [-0.3, -0.25) is 4.90 Å². The van der Waals surface area contributed by atoms with Gasteiger partial charge in [0.15, 0.2) is 18.2 Å². The van der Waals surface area contributed by atoms with Gasteiger partial charge in [0.2, 0.25) is 0 Å². The molecule has 3 rings (SSSR count). The van der Waals surface area contributed by atoms with Crippen molar-refractivity contribution in [3.8, 4) is 6.07 Å². The van der Waals surface area contributed by atoms with Crippen molar-refractivity contribution in [2.24, 2.45) is 0 Å². The molecule has 0 aromatic heterocycles. The van der Waals surface area contributed by atoms with Crippen LogP contribution in [0.1, 0.15) is 0 Å². The maximum atomic E-state index is 9.45. The van der Waals surface area contributed by atoms with Crippen molar-refractivity contribution in [1.29, 1.82) is 5.26 Å². The summed E-state index contributed by atoms with van der Waals surface area (Å²) in [5, 5.41) is 13.2. The molecule has 0 bridgehead atoms. The Morgan fingerprint density at radius 1 is 1.13 bits per heavy atom. The predicted molar refractivity (Wildman–Crippen MR) is 91.7 cm³/mol. The Morgan fingerprint density at radius 3 is 2.61 bits per heavy atom. The SMILES string of the molecule is N#CC1=C(C=CNc2ccccc2)OCN1c1ccccc1Cl. The van der Waals surface area contributed by atoms with E-state index < -0.39 is 0 Å². The van der Waals surface area contributed by atoms with Crippen molar-refractivity contribution in [3.05, 3.63) is 83.4 Å². The minimum absolute atomic E-state index is 0.262. The highest BCUT2D eigenvalue weighted by Gasteiger charge is 2.25. The van der Waals surface area contributed by atoms with Gasteiger partial charge >= 0.3 is 0 Å². The third kappa shape index (κ3) is 3.31. The molecule has 2 aromatic carbocycles. The number of halogens is 1. The van der Waals surface area contributed by atoms with Crippen LogP contribution in [-0.2, 0) is 4.74 Å². The Hall–Kier alpha value is -2.90. The van der Waals surface area contributed by atoms with Gasteiger partial charge in [-0.05, 0) is 30.3 Å². The van der Waals surface area contributed by atoms with Crippen LogP contribution in [0.3, 0.4) is 0 Å². The fraction of sp³-hybridized carbons (Fsp3) is 0.0556. The first-order chi connectivity index (χ1) is 11.3. The number of hydrogen-bond acceptors (Lipinski definition) is 4. The Labute approximate surface area is 139 Å². The van der Waals surface area contributed by atoms with Crippen molar-refractivity contribution in [3.63, 3.8) is 0 Å². The number of para-hydroxylation sites is 2. The van der Waals surface area contributed by atoms with Crippen LogP contribution in [0, 0.1) is 11.3 Å². The van der Waals surface area contributed by atoms with Crippen LogP contribution in [0.4, 0.5) is 11.4 Å². The molecular weight excluding hydrogens is 310 g/mol. The second-order valence-corrected chi connectivity index (χ2v) is 5.23. The van der Waals surface area contributed by atoms with Gasteiger partial charge in [0, 0.05) is 11.9 Å². The van der Waals surface area contributed by atoms with Crippen molar-refractivity contribution >= 4 is 23.0 Å². The van der Waals surface area contributed by atoms with Crippen LogP contribution in [0.25, 0.3) is 0 Å². The van der Waals surface area contributed by atoms with Crippen LogP contribution >= 0.6 is 11.6 Å². The number of hydrogen-bond donors (Lipinski definition) is 1. The lowest BCUT2D eigenvalue weighted by Crippen LogP contribution is -2.18. The van der Waals surface area contributed by atoms with Gasteiger partial charge in [-0.2, -0.15) is 5.26 Å². The molecule has 0 unspecified atom stereocenters. The number of nitriles is 1. The van der Waals surface area contributed by atoms with Gasteiger partial charge in [0.25, 0.3) is 0 Å². The average molecular weight is 324 g/mol. The van der Waals surface area contributed by atoms with E-state index in [2.05, 4.69) is 11.4 Å². The summed E-state index contributed by atoms with van der Waals surface area (Å²) in [4.78, 5) is 1.75. The first-order valence-corrected chi connectivity index (χ1v) is 7.45. The fourth-order valence-electron chi connectivity index (χ4n) is 2.25. The van der Waals surface area contributed by atoms with Crippen molar-refractivity contribution < 1.29 is 4.74 Å². The van der Waals surface area contributed by atoms with Crippen molar-refractivity contribution in [2.75, 3.05) is 16.9 Å². The quantitative estimate of drug-likeness (QED) is 0.900. The van der Waals surface area contributed by atoms with E-state index in [-0.39, 0.29) is 6.73 Å². The molecule has 0 spiro atoms. The highest BCUT2D eigenvalue weighted by Crippen LogP contribution is 2.32. The third-order valence-corrected chi connectivity index (χ3v) is 3.68. The molecule has 0 aliphatic carbocycles. The summed E-state index contributed by atoms with van der Waals surface area (Å²) in [6.07, 6.45) is 3.49. The van der Waals surface area contributed by atoms with Crippen LogP contribution in [0.15, 0.2) is 78.3 Å². The summed E-state index contributed by atoms with van der Waals surface area (Å²) in [6.45, 7) is 0.262. The Kier molecular flexibility index (Phi) is 4.51. The van der Waals surface area contributed by atoms with Crippen LogP contribution in [-0.4, -0.2) is 6.73 Å². The van der Waals surface area contributed by atoms with Crippen molar-refractivity contribution in [1.82, 2.24) is 0 Å². The molecular formula is C18H14ClN3O. The lowest BCUT2D eigenvalue weighted by Gasteiger charge is -2.16. The Balaban J connectivity index is 1.80. The predicted octanol–water partition coefficient (Wildman–Crippen LogP) is 4.50. The van der Waals surface area contributed by atoms with Crippen molar-refractivity contribution in [2.45, 2.75) is 0 Å². The van der Waals surface area contributed by atoms with Crippen LogP contribution in [0.2, 0.25) is 5.02 Å². The third-order valence-electron chi connectivity index (χ3n) is 3.36. The molecule has 0 radical (unpaired) electrons. The Bertz CT molecular complexity index is 793. The zero-order chi connectivity index (χ0) is 16.1. The van der Waals surface area contributed by atoms with E-state index in [1.54, 1.807) is 23.2 Å². The molecule has 1 aliphatic heterocycles. The summed E-state index contributed by atoms with van der Waals surface area (Å²) >= 11 is 6.20. The molecule has 5 heteroatoms. The Morgan fingerprint density at radius 2 is 1.87 bits per heavy atom. The number of nitrogens with one attached hydrogen (secondary N) is 1. The molecule has 0 atom stereocenters. The van der Waals surface area contributed by atoms with Gasteiger partial charge in [-0.15, -0.1) is 0 Å². The second-order valence-electron chi connectivity index (χ2n) is 4.82. The van der Waals surface area contributed by atoms with Gasteiger partial charge in [0.1, 0.15) is 6.07 Å². The monoisotopic (exact) mass is 323 g/mol. The number of benzene rings is 2. The molecule has 114 valence electrons. The van der Waals surface area contributed by atoms with Gasteiger partial charge in [0.05, 0.1) is 10.7 Å². The molecule has 0 amide bonds. The lowest BCUT2D eigenvalue weighted by molar-refractivity contribution is 0.257. The van der Waals surface area contributed by atoms with Gasteiger partial charge in [-0.1, -0.05) is 41.9 Å². The summed E-state index contributed by atoms with van der Waals surface area (Å²) in [5.41, 5.74) is 2.15. The normalized spacial score (nSPS) is 14.0. The highest BCUT2D eigenvalue weighted by molar-refractivity contribution is 6.33. The summed E-state index contributed by atoms with van der Waals surface area (Å²) in [7, 11) is 0. The largest absolute Gasteiger partial charge is 0.470 e. The second kappa shape index (κ2) is 6.91. The molecule has 1 N–H and O–H groups in total. The molecule has 23 heavy (non-hydrogen) atoms. The first-order valence-electron chi connectivity index (χ1n) is 7.07. The molecule has 1 heterocycles. The summed E-state index contributed by atoms with van der Waals surface area (Å²) in [5.74, 6) is 0.510. The van der Waals surface area contributed by atoms with E-state index in [0.29, 0.717) is 16.5 Å². The highest BCUT2D eigenvalue weighted by atomic mass is 35.5.